The predicted molar refractivity (Wildman–Crippen MR) is 183 cm³/mol. The van der Waals surface area contributed by atoms with Gasteiger partial charge in [0.15, 0.2) is 18.4 Å². The topological polar surface area (TPSA) is 197 Å². The van der Waals surface area contributed by atoms with E-state index in [-0.39, 0.29) is 23.0 Å². The summed E-state index contributed by atoms with van der Waals surface area (Å²) in [6.45, 7) is 9.33. The molecule has 6 unspecified atom stereocenters. The molecule has 0 amide bonds. The van der Waals surface area contributed by atoms with Crippen LogP contribution in [0.1, 0.15) is 91.9 Å². The minimum atomic E-state index is -1.71. The highest BCUT2D eigenvalue weighted by Crippen LogP contribution is 2.71. The number of ether oxygens (including phenoxy) is 6. The molecule has 0 aromatic heterocycles. The second-order valence-electron chi connectivity index (χ2n) is 18.7. The Bertz CT molecular complexity index is 1260. The van der Waals surface area contributed by atoms with E-state index in [1.807, 2.05) is 0 Å². The summed E-state index contributed by atoms with van der Waals surface area (Å²) in [7, 11) is 0. The summed E-state index contributed by atoms with van der Waals surface area (Å²) in [5.74, 6) is 3.51. The molecule has 0 aromatic carbocycles. The van der Waals surface area contributed by atoms with E-state index in [1.165, 1.54) is 25.7 Å². The molecule has 4 saturated carbocycles. The molecule has 8 fully saturated rings. The monoisotopic (exact) mass is 740 g/mol. The van der Waals surface area contributed by atoms with Crippen molar-refractivity contribution in [2.75, 3.05) is 19.8 Å². The summed E-state index contributed by atoms with van der Waals surface area (Å²) in [6.07, 6.45) is -3.88. The van der Waals surface area contributed by atoms with Gasteiger partial charge in [-0.15, -0.1) is 0 Å². The SMILES string of the molecule is C[C@@H]1CCC2(OC1)O[C@H]1CC3C4CCC5CC(O[C@@H]6O[C@H](CO)[C@@H](O)[C@H](O)[C@@H]6O[C@@H]6O[C@H](CO)[C@@H](O)[C@H](O)[C@H]6O)CC[C@]5(C)C4CC[C@]3(C)[C@H]1[C@@H]2C. The Labute approximate surface area is 307 Å². The first-order valence-electron chi connectivity index (χ1n) is 20.3. The van der Waals surface area contributed by atoms with Crippen LogP contribution in [0.2, 0.25) is 0 Å². The average molecular weight is 741 g/mol. The van der Waals surface area contributed by atoms with Crippen molar-refractivity contribution >= 4 is 0 Å². The Balaban J connectivity index is 0.942. The van der Waals surface area contributed by atoms with Gasteiger partial charge in [0.2, 0.25) is 0 Å². The fourth-order valence-electron chi connectivity index (χ4n) is 13.2. The van der Waals surface area contributed by atoms with Crippen molar-refractivity contribution in [2.45, 2.75) is 171 Å². The molecule has 4 aliphatic heterocycles. The highest BCUT2D eigenvalue weighted by Gasteiger charge is 2.69. The minimum Gasteiger partial charge on any atom is -0.394 e. The number of hydrogen-bond acceptors (Lipinski definition) is 13. The van der Waals surface area contributed by atoms with Crippen molar-refractivity contribution in [1.82, 2.24) is 0 Å². The zero-order valence-electron chi connectivity index (χ0n) is 31.2. The predicted octanol–water partition coefficient (Wildman–Crippen LogP) is 1.44. The second kappa shape index (κ2) is 14.1. The van der Waals surface area contributed by atoms with Crippen molar-refractivity contribution in [3.05, 3.63) is 0 Å². The van der Waals surface area contributed by atoms with Crippen LogP contribution in [0.5, 0.6) is 0 Å². The molecule has 1 spiro atoms. The number of rotatable bonds is 6. The van der Waals surface area contributed by atoms with Gasteiger partial charge in [0.05, 0.1) is 32.0 Å². The van der Waals surface area contributed by atoms with Crippen molar-refractivity contribution in [3.63, 3.8) is 0 Å². The molecule has 0 radical (unpaired) electrons. The standard InChI is InChI=1S/C39H64O13/c1-18-7-12-39(47-17-18)19(2)28-25(52-39)14-24-22-6-5-20-13-21(8-10-37(20,3)23(22)9-11-38(24,28)4)48-36-34(32(45)30(43)27(16-41)50-36)51-35-33(46)31(44)29(42)26(15-40)49-35/h18-36,40-46H,5-17H2,1-4H3/t18-,19+,20?,21?,22?,23?,24?,25+,26-,27-,28+,29-,30-,31+,32+,33-,34+,35+,36-,37+,38+,39?/m1/s1. The number of aliphatic hydroxyl groups is 7. The zero-order chi connectivity index (χ0) is 36.9. The van der Waals surface area contributed by atoms with Crippen LogP contribution in [0.25, 0.3) is 0 Å². The molecule has 7 N–H and O–H groups in total. The molecule has 8 rings (SSSR count). The van der Waals surface area contributed by atoms with E-state index < -0.39 is 80.4 Å². The quantitative estimate of drug-likeness (QED) is 0.194. The highest BCUT2D eigenvalue weighted by atomic mass is 16.8. The van der Waals surface area contributed by atoms with Crippen molar-refractivity contribution in [3.8, 4) is 0 Å². The second-order valence-corrected chi connectivity index (χ2v) is 18.7. The Morgan fingerprint density at radius 1 is 0.673 bits per heavy atom. The fourth-order valence-corrected chi connectivity index (χ4v) is 13.2. The van der Waals surface area contributed by atoms with Gasteiger partial charge in [0, 0.05) is 12.3 Å². The molecule has 4 saturated heterocycles. The van der Waals surface area contributed by atoms with Crippen molar-refractivity contribution in [2.24, 2.45) is 52.3 Å². The van der Waals surface area contributed by atoms with Crippen molar-refractivity contribution in [1.29, 1.82) is 0 Å². The average Bonchev–Trinajstić information content (AvgIpc) is 3.58. The lowest BCUT2D eigenvalue weighted by Crippen LogP contribution is -2.65. The van der Waals surface area contributed by atoms with Gasteiger partial charge in [-0.05, 0) is 104 Å². The molecule has 4 heterocycles. The van der Waals surface area contributed by atoms with Crippen LogP contribution in [0.15, 0.2) is 0 Å². The van der Waals surface area contributed by atoms with E-state index in [9.17, 15) is 35.7 Å². The summed E-state index contributed by atoms with van der Waals surface area (Å²) >= 11 is 0. The first-order valence-corrected chi connectivity index (χ1v) is 20.3. The Morgan fingerprint density at radius 3 is 2.06 bits per heavy atom. The molecule has 0 aromatic rings. The van der Waals surface area contributed by atoms with E-state index >= 15 is 0 Å². The van der Waals surface area contributed by atoms with E-state index in [1.54, 1.807) is 0 Å². The summed E-state index contributed by atoms with van der Waals surface area (Å²) in [5, 5.41) is 72.7. The molecular formula is C39H64O13. The van der Waals surface area contributed by atoms with Crippen LogP contribution < -0.4 is 0 Å². The van der Waals surface area contributed by atoms with E-state index in [0.717, 1.165) is 45.1 Å². The Kier molecular flexibility index (Phi) is 10.4. The van der Waals surface area contributed by atoms with E-state index in [2.05, 4.69) is 27.7 Å². The third-order valence-corrected chi connectivity index (χ3v) is 16.2. The van der Waals surface area contributed by atoms with Crippen molar-refractivity contribution < 1.29 is 64.2 Å². The van der Waals surface area contributed by atoms with Gasteiger partial charge >= 0.3 is 0 Å². The third-order valence-electron chi connectivity index (χ3n) is 16.2. The van der Waals surface area contributed by atoms with Crippen LogP contribution in [0.3, 0.4) is 0 Å². The summed E-state index contributed by atoms with van der Waals surface area (Å²) in [5.41, 5.74) is 0.425. The number of fused-ring (bicyclic) bond motifs is 7. The van der Waals surface area contributed by atoms with Gasteiger partial charge in [-0.3, -0.25) is 0 Å². The minimum absolute atomic E-state index is 0.168. The molecule has 298 valence electrons. The maximum Gasteiger partial charge on any atom is 0.187 e. The van der Waals surface area contributed by atoms with Crippen LogP contribution in [-0.2, 0) is 28.4 Å². The summed E-state index contributed by atoms with van der Waals surface area (Å²) in [4.78, 5) is 0. The first kappa shape index (κ1) is 38.4. The van der Waals surface area contributed by atoms with E-state index in [0.29, 0.717) is 41.4 Å². The maximum atomic E-state index is 11.1. The van der Waals surface area contributed by atoms with Crippen LogP contribution in [-0.4, -0.2) is 135 Å². The van der Waals surface area contributed by atoms with Gasteiger partial charge in [0.1, 0.15) is 48.8 Å². The first-order chi connectivity index (χ1) is 24.7. The normalized spacial score (nSPS) is 59.0. The Hall–Kier alpha value is -0.520. The molecule has 13 heteroatoms. The van der Waals surface area contributed by atoms with Crippen LogP contribution >= 0.6 is 0 Å². The lowest BCUT2D eigenvalue weighted by molar-refractivity contribution is -0.373. The van der Waals surface area contributed by atoms with E-state index in [4.69, 9.17) is 28.4 Å². The maximum absolute atomic E-state index is 11.1. The van der Waals surface area contributed by atoms with Crippen LogP contribution in [0.4, 0.5) is 0 Å². The molecule has 0 bridgehead atoms. The zero-order valence-corrected chi connectivity index (χ0v) is 31.2. The number of aliphatic hydroxyl groups excluding tert-OH is 7. The molecule has 52 heavy (non-hydrogen) atoms. The fraction of sp³-hybridized carbons (Fsp3) is 1.00. The van der Waals surface area contributed by atoms with Gasteiger partial charge in [-0.1, -0.05) is 27.7 Å². The molecule has 4 aliphatic carbocycles. The van der Waals surface area contributed by atoms with Gasteiger partial charge in [-0.2, -0.15) is 0 Å². The smallest absolute Gasteiger partial charge is 0.187 e. The highest BCUT2D eigenvalue weighted by molar-refractivity contribution is 5.15. The summed E-state index contributed by atoms with van der Waals surface area (Å²) in [6, 6.07) is 0. The van der Waals surface area contributed by atoms with Gasteiger partial charge < -0.3 is 64.2 Å². The molecule has 13 nitrogen and oxygen atoms in total. The molecular weight excluding hydrogens is 676 g/mol. The Morgan fingerprint density at radius 2 is 1.37 bits per heavy atom. The van der Waals surface area contributed by atoms with Crippen LogP contribution in [0, 0.1) is 52.3 Å². The third kappa shape index (κ3) is 5.98. The molecule has 8 aliphatic rings. The van der Waals surface area contributed by atoms with Gasteiger partial charge in [0.25, 0.3) is 0 Å². The lowest BCUT2D eigenvalue weighted by Gasteiger charge is -2.61. The summed E-state index contributed by atoms with van der Waals surface area (Å²) < 4.78 is 37.5. The largest absolute Gasteiger partial charge is 0.394 e. The lowest BCUT2D eigenvalue weighted by atomic mass is 9.44. The molecule has 22 atom stereocenters. The van der Waals surface area contributed by atoms with Gasteiger partial charge in [-0.25, -0.2) is 0 Å². The number of hydrogen-bond donors (Lipinski definition) is 7.